The van der Waals surface area contributed by atoms with E-state index in [0.717, 1.165) is 16.7 Å². The van der Waals surface area contributed by atoms with Gasteiger partial charge in [0.05, 0.1) is 7.11 Å². The van der Waals surface area contributed by atoms with Crippen molar-refractivity contribution in [2.75, 3.05) is 7.11 Å². The number of aromatic nitrogens is 1. The number of hydrogen-bond acceptors (Lipinski definition) is 4. The fourth-order valence-corrected chi connectivity index (χ4v) is 1.96. The smallest absolute Gasteiger partial charge is 0.241 e. The SMILES string of the molecule is COc1ncccc1CNC(=O)C(N)c1ccc(C)cc1. The second-order valence-electron chi connectivity index (χ2n) is 4.78. The molecule has 0 spiro atoms. The summed E-state index contributed by atoms with van der Waals surface area (Å²) in [5, 5.41) is 2.80. The number of benzene rings is 1. The maximum atomic E-state index is 12.1. The molecule has 0 aliphatic carbocycles. The quantitative estimate of drug-likeness (QED) is 0.877. The molecule has 0 aliphatic rings. The third-order valence-electron chi connectivity index (χ3n) is 3.22. The van der Waals surface area contributed by atoms with E-state index in [0.29, 0.717) is 12.4 Å². The number of hydrogen-bond donors (Lipinski definition) is 2. The lowest BCUT2D eigenvalue weighted by atomic mass is 10.1. The van der Waals surface area contributed by atoms with E-state index >= 15 is 0 Å². The van der Waals surface area contributed by atoms with Gasteiger partial charge in [0.2, 0.25) is 11.8 Å². The molecular formula is C16H19N3O2. The Hall–Kier alpha value is -2.40. The first-order chi connectivity index (χ1) is 10.1. The number of amides is 1. The van der Waals surface area contributed by atoms with E-state index in [-0.39, 0.29) is 5.91 Å². The summed E-state index contributed by atoms with van der Waals surface area (Å²) in [4.78, 5) is 16.2. The summed E-state index contributed by atoms with van der Waals surface area (Å²) in [7, 11) is 1.55. The first kappa shape index (κ1) is 15.0. The van der Waals surface area contributed by atoms with Gasteiger partial charge in [-0.15, -0.1) is 0 Å². The average Bonchev–Trinajstić information content (AvgIpc) is 2.52. The van der Waals surface area contributed by atoms with Crippen LogP contribution in [0.25, 0.3) is 0 Å². The summed E-state index contributed by atoms with van der Waals surface area (Å²) in [5.41, 5.74) is 8.69. The maximum absolute atomic E-state index is 12.1. The minimum atomic E-state index is -0.687. The lowest BCUT2D eigenvalue weighted by Gasteiger charge is -2.13. The Morgan fingerprint density at radius 1 is 1.33 bits per heavy atom. The van der Waals surface area contributed by atoms with Crippen LogP contribution in [0.5, 0.6) is 5.88 Å². The van der Waals surface area contributed by atoms with Gasteiger partial charge in [0.1, 0.15) is 6.04 Å². The van der Waals surface area contributed by atoms with Gasteiger partial charge in [0.15, 0.2) is 0 Å². The highest BCUT2D eigenvalue weighted by Gasteiger charge is 2.15. The Morgan fingerprint density at radius 3 is 2.71 bits per heavy atom. The normalized spacial score (nSPS) is 11.8. The molecule has 1 aromatic carbocycles. The number of rotatable bonds is 5. The van der Waals surface area contributed by atoms with Gasteiger partial charge in [-0.3, -0.25) is 4.79 Å². The minimum Gasteiger partial charge on any atom is -0.481 e. The third kappa shape index (κ3) is 3.79. The zero-order valence-electron chi connectivity index (χ0n) is 12.2. The van der Waals surface area contributed by atoms with E-state index in [1.807, 2.05) is 37.3 Å². The standard InChI is InChI=1S/C16H19N3O2/c1-11-5-7-12(8-6-11)14(17)15(20)19-10-13-4-3-9-18-16(13)21-2/h3-9,14H,10,17H2,1-2H3,(H,19,20). The van der Waals surface area contributed by atoms with Gasteiger partial charge in [-0.05, 0) is 18.6 Å². The number of carbonyl (C=O) groups is 1. The summed E-state index contributed by atoms with van der Waals surface area (Å²) in [6.07, 6.45) is 1.64. The summed E-state index contributed by atoms with van der Waals surface area (Å²) < 4.78 is 5.14. The molecule has 21 heavy (non-hydrogen) atoms. The number of pyridine rings is 1. The Balaban J connectivity index is 1.99. The van der Waals surface area contributed by atoms with Crippen LogP contribution in [0.15, 0.2) is 42.6 Å². The van der Waals surface area contributed by atoms with E-state index in [2.05, 4.69) is 10.3 Å². The van der Waals surface area contributed by atoms with Gasteiger partial charge in [-0.25, -0.2) is 4.98 Å². The second-order valence-corrected chi connectivity index (χ2v) is 4.78. The molecule has 0 saturated heterocycles. The molecule has 2 aromatic rings. The number of carbonyl (C=O) groups excluding carboxylic acids is 1. The van der Waals surface area contributed by atoms with Gasteiger partial charge < -0.3 is 15.8 Å². The molecule has 0 radical (unpaired) electrons. The average molecular weight is 285 g/mol. The highest BCUT2D eigenvalue weighted by molar-refractivity contribution is 5.82. The third-order valence-corrected chi connectivity index (χ3v) is 3.22. The van der Waals surface area contributed by atoms with Crippen molar-refractivity contribution in [1.29, 1.82) is 0 Å². The van der Waals surface area contributed by atoms with Crippen LogP contribution in [0, 0.1) is 6.92 Å². The van der Waals surface area contributed by atoms with Crippen LogP contribution in [-0.2, 0) is 11.3 Å². The fourth-order valence-electron chi connectivity index (χ4n) is 1.96. The van der Waals surface area contributed by atoms with Crippen molar-refractivity contribution in [2.24, 2.45) is 5.73 Å². The first-order valence-electron chi connectivity index (χ1n) is 6.69. The molecule has 5 heteroatoms. The zero-order chi connectivity index (χ0) is 15.2. The van der Waals surface area contributed by atoms with E-state index < -0.39 is 6.04 Å². The Labute approximate surface area is 124 Å². The van der Waals surface area contributed by atoms with Crippen molar-refractivity contribution in [2.45, 2.75) is 19.5 Å². The van der Waals surface area contributed by atoms with Gasteiger partial charge in [-0.1, -0.05) is 35.9 Å². The molecule has 110 valence electrons. The van der Waals surface area contributed by atoms with Crippen LogP contribution in [0.1, 0.15) is 22.7 Å². The maximum Gasteiger partial charge on any atom is 0.241 e. The molecule has 1 atom stereocenters. The number of nitrogens with zero attached hydrogens (tertiary/aromatic N) is 1. The molecule has 1 amide bonds. The number of methoxy groups -OCH3 is 1. The van der Waals surface area contributed by atoms with Gasteiger partial charge >= 0.3 is 0 Å². The molecule has 5 nitrogen and oxygen atoms in total. The predicted octanol–water partition coefficient (Wildman–Crippen LogP) is 1.71. The second kappa shape index (κ2) is 6.85. The van der Waals surface area contributed by atoms with Crippen molar-refractivity contribution in [3.05, 3.63) is 59.3 Å². The van der Waals surface area contributed by atoms with Crippen LogP contribution in [0.3, 0.4) is 0 Å². The molecule has 1 unspecified atom stereocenters. The number of ether oxygens (including phenoxy) is 1. The molecule has 2 rings (SSSR count). The Bertz CT molecular complexity index is 611. The van der Waals surface area contributed by atoms with Crippen molar-refractivity contribution in [3.8, 4) is 5.88 Å². The molecule has 0 bridgehead atoms. The highest BCUT2D eigenvalue weighted by Crippen LogP contribution is 2.15. The number of nitrogens with one attached hydrogen (secondary N) is 1. The summed E-state index contributed by atoms with van der Waals surface area (Å²) in [6, 6.07) is 10.6. The lowest BCUT2D eigenvalue weighted by Crippen LogP contribution is -2.33. The van der Waals surface area contributed by atoms with Crippen LogP contribution in [0.2, 0.25) is 0 Å². The summed E-state index contributed by atoms with van der Waals surface area (Å²) >= 11 is 0. The van der Waals surface area contributed by atoms with Crippen molar-refractivity contribution < 1.29 is 9.53 Å². The van der Waals surface area contributed by atoms with Crippen LogP contribution < -0.4 is 15.8 Å². The number of aryl methyl sites for hydroxylation is 1. The molecule has 1 aromatic heterocycles. The van der Waals surface area contributed by atoms with E-state index in [4.69, 9.17) is 10.5 Å². The summed E-state index contributed by atoms with van der Waals surface area (Å²) in [5.74, 6) is 0.270. The minimum absolute atomic E-state index is 0.232. The monoisotopic (exact) mass is 285 g/mol. The van der Waals surface area contributed by atoms with E-state index in [1.165, 1.54) is 0 Å². The zero-order valence-corrected chi connectivity index (χ0v) is 12.2. The highest BCUT2D eigenvalue weighted by atomic mass is 16.5. The number of nitrogens with two attached hydrogens (primary N) is 1. The topological polar surface area (TPSA) is 77.2 Å². The molecule has 0 aliphatic heterocycles. The van der Waals surface area contributed by atoms with Crippen molar-refractivity contribution >= 4 is 5.91 Å². The van der Waals surface area contributed by atoms with Crippen molar-refractivity contribution in [1.82, 2.24) is 10.3 Å². The van der Waals surface area contributed by atoms with Crippen molar-refractivity contribution in [3.63, 3.8) is 0 Å². The van der Waals surface area contributed by atoms with Crippen LogP contribution in [0.4, 0.5) is 0 Å². The largest absolute Gasteiger partial charge is 0.481 e. The first-order valence-corrected chi connectivity index (χ1v) is 6.69. The Kier molecular flexibility index (Phi) is 4.90. The van der Waals surface area contributed by atoms with Crippen LogP contribution >= 0.6 is 0 Å². The predicted molar refractivity (Wildman–Crippen MR) is 80.7 cm³/mol. The van der Waals surface area contributed by atoms with E-state index in [1.54, 1.807) is 19.4 Å². The van der Waals surface area contributed by atoms with E-state index in [9.17, 15) is 4.79 Å². The molecule has 3 N–H and O–H groups in total. The summed E-state index contributed by atoms with van der Waals surface area (Å²) in [6.45, 7) is 2.32. The lowest BCUT2D eigenvalue weighted by molar-refractivity contribution is -0.122. The van der Waals surface area contributed by atoms with Gasteiger partial charge in [0.25, 0.3) is 0 Å². The molecule has 0 fully saturated rings. The molecule has 1 heterocycles. The fraction of sp³-hybridized carbons (Fsp3) is 0.250. The van der Waals surface area contributed by atoms with Crippen LogP contribution in [-0.4, -0.2) is 18.0 Å². The molecule has 0 saturated carbocycles. The molecular weight excluding hydrogens is 266 g/mol. The van der Waals surface area contributed by atoms with Gasteiger partial charge in [-0.2, -0.15) is 0 Å². The van der Waals surface area contributed by atoms with Gasteiger partial charge in [0, 0.05) is 18.3 Å². The Morgan fingerprint density at radius 2 is 2.05 bits per heavy atom.